The maximum absolute atomic E-state index is 12.4. The van der Waals surface area contributed by atoms with Gasteiger partial charge in [-0.05, 0) is 30.3 Å². The van der Waals surface area contributed by atoms with Crippen LogP contribution in [0, 0.1) is 0 Å². The molecule has 17 heteroatoms. The number of esters is 1. The van der Waals surface area contributed by atoms with Crippen molar-refractivity contribution in [2.45, 2.75) is 31.0 Å². The number of hydrogen-bond acceptors (Lipinski definition) is 8. The third-order valence-corrected chi connectivity index (χ3v) is 5.12. The molecule has 0 saturated heterocycles. The molecule has 1 heterocycles. The lowest BCUT2D eigenvalue weighted by Gasteiger charge is -2.14. The molecule has 0 aliphatic carbocycles. The van der Waals surface area contributed by atoms with Gasteiger partial charge in [-0.2, -0.15) is 13.2 Å². The highest BCUT2D eigenvalue weighted by atomic mass is 19.4. The predicted molar refractivity (Wildman–Crippen MR) is 132 cm³/mol. The zero-order valence-corrected chi connectivity index (χ0v) is 20.8. The van der Waals surface area contributed by atoms with Gasteiger partial charge in [-0.3, -0.25) is 9.59 Å². The zero-order valence-electron chi connectivity index (χ0n) is 20.8. The first-order valence-electron chi connectivity index (χ1n) is 11.3. The summed E-state index contributed by atoms with van der Waals surface area (Å²) < 4.78 is 42.7. The van der Waals surface area contributed by atoms with Gasteiger partial charge in [0.05, 0.1) is 24.3 Å². The summed E-state index contributed by atoms with van der Waals surface area (Å²) in [6.07, 6.45) is -5.91. The summed E-state index contributed by atoms with van der Waals surface area (Å²) in [5, 5.41) is 27.2. The van der Waals surface area contributed by atoms with E-state index in [2.05, 4.69) is 10.3 Å². The molecule has 2 aromatic carbocycles. The first-order valence-corrected chi connectivity index (χ1v) is 11.3. The number of aliphatic carboxylic acids is 3. The summed E-state index contributed by atoms with van der Waals surface area (Å²) in [5.74, 6) is -6.58. The van der Waals surface area contributed by atoms with Gasteiger partial charge in [0.25, 0.3) is 0 Å². The Morgan fingerprint density at radius 1 is 1.05 bits per heavy atom. The number of nitrogens with one attached hydrogen (secondary N) is 1. The predicted octanol–water partition coefficient (Wildman–Crippen LogP) is 1.35. The molecule has 0 bridgehead atoms. The summed E-state index contributed by atoms with van der Waals surface area (Å²) >= 11 is 0. The first kappa shape index (κ1) is 31.9. The number of benzene rings is 2. The number of ether oxygens (including phenoxy) is 2. The maximum atomic E-state index is 12.4. The van der Waals surface area contributed by atoms with Crippen molar-refractivity contribution < 1.29 is 61.9 Å². The summed E-state index contributed by atoms with van der Waals surface area (Å²) in [4.78, 5) is 59.3. The minimum Gasteiger partial charge on any atom is -0.492 e. The number of nitrogens with two attached hydrogens (primary N) is 2. The summed E-state index contributed by atoms with van der Waals surface area (Å²) in [7, 11) is 0. The zero-order chi connectivity index (χ0) is 30.9. The van der Waals surface area contributed by atoms with E-state index in [9.17, 15) is 32.3 Å². The number of carbonyl (C=O) groups excluding carboxylic acids is 2. The van der Waals surface area contributed by atoms with E-state index in [4.69, 9.17) is 41.1 Å². The fraction of sp³-hybridized carbons (Fsp3) is 0.250. The van der Waals surface area contributed by atoms with Crippen LogP contribution in [0.2, 0.25) is 0 Å². The van der Waals surface area contributed by atoms with Crippen LogP contribution in [0.1, 0.15) is 34.7 Å². The Morgan fingerprint density at radius 2 is 1.66 bits per heavy atom. The van der Waals surface area contributed by atoms with Crippen molar-refractivity contribution in [2.75, 3.05) is 6.61 Å². The van der Waals surface area contributed by atoms with Crippen molar-refractivity contribution in [1.29, 1.82) is 0 Å². The average Bonchev–Trinajstić information content (AvgIpc) is 3.24. The fourth-order valence-electron chi connectivity index (χ4n) is 3.33. The highest BCUT2D eigenvalue weighted by molar-refractivity contribution is 5.91. The molecule has 0 saturated carbocycles. The van der Waals surface area contributed by atoms with Crippen LogP contribution in [0.3, 0.4) is 0 Å². The topological polar surface area (TPSA) is 241 Å². The standard InChI is InChI=1S/C22H22N4O8.C2HF3O2/c23-22(24)25-13-3-1-11(2-4-13)21(32)34-14-5-6-15-12(10-33-17(15)8-14)7-18(27)26-16(20(30)31)9-19(28)29;3-2(4,5)1(6)7/h1-6,8,12,16H,7,9-10H2,(H,26,27)(H,28,29)(H,30,31)(H4,23,24,25);(H,6,7)/t12-,16-;/m0./s1. The van der Waals surface area contributed by atoms with Crippen LogP contribution < -0.4 is 26.3 Å². The number of hydrogen-bond donors (Lipinski definition) is 6. The molecule has 0 radical (unpaired) electrons. The molecule has 3 rings (SSSR count). The second-order valence-electron chi connectivity index (χ2n) is 8.24. The van der Waals surface area contributed by atoms with E-state index in [0.29, 0.717) is 17.0 Å². The van der Waals surface area contributed by atoms with Gasteiger partial charge < -0.3 is 41.6 Å². The number of aliphatic imine (C=N–C) groups is 1. The molecule has 1 aliphatic heterocycles. The maximum Gasteiger partial charge on any atom is 0.490 e. The lowest BCUT2D eigenvalue weighted by atomic mass is 9.97. The Bertz CT molecular complexity index is 1340. The fourth-order valence-corrected chi connectivity index (χ4v) is 3.33. The lowest BCUT2D eigenvalue weighted by molar-refractivity contribution is -0.192. The van der Waals surface area contributed by atoms with Crippen LogP contribution in [0.15, 0.2) is 47.5 Å². The molecular formula is C24H23F3N4O10. The Kier molecular flexibility index (Phi) is 10.6. The molecule has 1 amide bonds. The number of fused-ring (bicyclic) bond motifs is 1. The van der Waals surface area contributed by atoms with E-state index in [-0.39, 0.29) is 36.2 Å². The van der Waals surface area contributed by atoms with Crippen LogP contribution in [0.5, 0.6) is 11.5 Å². The van der Waals surface area contributed by atoms with Gasteiger partial charge in [-0.25, -0.2) is 19.4 Å². The smallest absolute Gasteiger partial charge is 0.490 e. The van der Waals surface area contributed by atoms with Gasteiger partial charge in [0.1, 0.15) is 17.5 Å². The molecule has 8 N–H and O–H groups in total. The third kappa shape index (κ3) is 10.0. The number of alkyl halides is 3. The van der Waals surface area contributed by atoms with Crippen molar-refractivity contribution in [3.63, 3.8) is 0 Å². The number of carbonyl (C=O) groups is 5. The molecule has 14 nitrogen and oxygen atoms in total. The average molecular weight is 584 g/mol. The normalized spacial score (nSPS) is 14.2. The number of carboxylic acid groups (broad SMARTS) is 3. The van der Waals surface area contributed by atoms with E-state index >= 15 is 0 Å². The van der Waals surface area contributed by atoms with Crippen molar-refractivity contribution in [3.8, 4) is 11.5 Å². The van der Waals surface area contributed by atoms with Crippen molar-refractivity contribution in [2.24, 2.45) is 16.5 Å². The summed E-state index contributed by atoms with van der Waals surface area (Å²) in [6, 6.07) is 9.33. The number of nitrogens with zero attached hydrogens (tertiary/aromatic N) is 1. The highest BCUT2D eigenvalue weighted by Gasteiger charge is 2.38. The van der Waals surface area contributed by atoms with E-state index in [1.807, 2.05) is 0 Å². The van der Waals surface area contributed by atoms with E-state index < -0.39 is 48.4 Å². The third-order valence-electron chi connectivity index (χ3n) is 5.12. The number of carboxylic acids is 3. The summed E-state index contributed by atoms with van der Waals surface area (Å²) in [6.45, 7) is 0.156. The van der Waals surface area contributed by atoms with Gasteiger partial charge in [0.2, 0.25) is 5.91 Å². The molecule has 2 atom stereocenters. The van der Waals surface area contributed by atoms with Gasteiger partial charge in [-0.15, -0.1) is 0 Å². The van der Waals surface area contributed by atoms with Gasteiger partial charge in [-0.1, -0.05) is 6.07 Å². The molecule has 0 spiro atoms. The Balaban J connectivity index is 0.000000745. The van der Waals surface area contributed by atoms with Crippen LogP contribution in [-0.2, 0) is 19.2 Å². The largest absolute Gasteiger partial charge is 0.492 e. The van der Waals surface area contributed by atoms with E-state index in [1.54, 1.807) is 24.3 Å². The molecule has 1 aliphatic rings. The SMILES string of the molecule is NC(N)=Nc1ccc(C(=O)Oc2ccc3c(c2)OC[C@@H]3CC(=O)N[C@@H](CC(=O)O)C(=O)O)cc1.O=C(O)C(F)(F)F. The molecule has 0 fully saturated rings. The minimum absolute atomic E-state index is 0.0995. The van der Waals surface area contributed by atoms with E-state index in [1.165, 1.54) is 18.2 Å². The number of halogens is 3. The molecule has 0 aromatic heterocycles. The van der Waals surface area contributed by atoms with Gasteiger partial charge in [0, 0.05) is 24.0 Å². The van der Waals surface area contributed by atoms with E-state index in [0.717, 1.165) is 0 Å². The first-order chi connectivity index (χ1) is 19.1. The molecular weight excluding hydrogens is 561 g/mol. The van der Waals surface area contributed by atoms with Crippen LogP contribution in [0.4, 0.5) is 18.9 Å². The second kappa shape index (κ2) is 13.6. The van der Waals surface area contributed by atoms with Crippen molar-refractivity contribution in [1.82, 2.24) is 5.32 Å². The monoisotopic (exact) mass is 584 g/mol. The quantitative estimate of drug-likeness (QED) is 0.106. The Morgan fingerprint density at radius 3 is 2.17 bits per heavy atom. The highest BCUT2D eigenvalue weighted by Crippen LogP contribution is 2.38. The van der Waals surface area contributed by atoms with Crippen LogP contribution in [-0.4, -0.2) is 69.9 Å². The second-order valence-corrected chi connectivity index (χ2v) is 8.24. The van der Waals surface area contributed by atoms with Crippen LogP contribution >= 0.6 is 0 Å². The minimum atomic E-state index is -5.08. The Labute approximate surface area is 228 Å². The number of rotatable bonds is 9. The van der Waals surface area contributed by atoms with Gasteiger partial charge >= 0.3 is 30.1 Å². The molecule has 0 unspecified atom stereocenters. The lowest BCUT2D eigenvalue weighted by Crippen LogP contribution is -2.42. The van der Waals surface area contributed by atoms with Crippen molar-refractivity contribution in [3.05, 3.63) is 53.6 Å². The molecule has 220 valence electrons. The number of amides is 1. The van der Waals surface area contributed by atoms with Gasteiger partial charge in [0.15, 0.2) is 5.96 Å². The summed E-state index contributed by atoms with van der Waals surface area (Å²) in [5.41, 5.74) is 12.1. The molecule has 2 aromatic rings. The molecule has 41 heavy (non-hydrogen) atoms. The number of guanidine groups is 1. The van der Waals surface area contributed by atoms with Crippen LogP contribution in [0.25, 0.3) is 0 Å². The van der Waals surface area contributed by atoms with Crippen molar-refractivity contribution >= 4 is 41.4 Å². The Hall–Kier alpha value is -5.35.